The first-order valence-corrected chi connectivity index (χ1v) is 13.3. The summed E-state index contributed by atoms with van der Waals surface area (Å²) >= 11 is 6.02. The summed E-state index contributed by atoms with van der Waals surface area (Å²) in [5.74, 6) is 5.95. The maximum absolute atomic E-state index is 10.2. The molecule has 166 valence electrons. The molecule has 29 heavy (non-hydrogen) atoms. The minimum Gasteiger partial charge on any atom is -0.393 e. The van der Waals surface area contributed by atoms with Crippen LogP contribution in [0, 0.1) is 46.3 Å². The predicted octanol–water partition coefficient (Wildman–Crippen LogP) is 7.61. The van der Waals surface area contributed by atoms with E-state index in [0.29, 0.717) is 16.7 Å². The molecule has 0 bridgehead atoms. The third kappa shape index (κ3) is 3.86. The number of alkyl halides is 1. The molecule has 0 aromatic carbocycles. The van der Waals surface area contributed by atoms with Gasteiger partial charge >= 0.3 is 0 Å². The average Bonchev–Trinajstić information content (AvgIpc) is 3.05. The molecule has 1 nitrogen and oxygen atoms in total. The molecule has 4 rings (SSSR count). The standard InChI is InChI=1S/C27H45ClO/c1-18(17-28)6-5-7-19(2)23-10-11-24-22-9-8-20-16-21(29)12-14-26(20,3)25(22)13-15-27(23,24)4/h8,18-19,21-25,29H,5-7,9-17H2,1-4H3/t18?,19?,21-,22-,23+,24-,25-,26-,27+/m0/s1. The van der Waals surface area contributed by atoms with E-state index in [4.69, 9.17) is 11.6 Å². The van der Waals surface area contributed by atoms with Gasteiger partial charge in [-0.05, 0) is 104 Å². The van der Waals surface area contributed by atoms with Crippen molar-refractivity contribution in [3.8, 4) is 0 Å². The zero-order valence-electron chi connectivity index (χ0n) is 19.4. The Bertz CT molecular complexity index is 614. The van der Waals surface area contributed by atoms with E-state index in [1.807, 2.05) is 0 Å². The molecule has 3 fully saturated rings. The molecule has 3 saturated carbocycles. The van der Waals surface area contributed by atoms with Crippen LogP contribution in [-0.4, -0.2) is 17.1 Å². The Balaban J connectivity index is 1.46. The Kier molecular flexibility index (Phi) is 6.50. The van der Waals surface area contributed by atoms with Gasteiger partial charge in [0.2, 0.25) is 0 Å². The van der Waals surface area contributed by atoms with Crippen molar-refractivity contribution in [2.24, 2.45) is 46.3 Å². The van der Waals surface area contributed by atoms with Gasteiger partial charge in [-0.3, -0.25) is 0 Å². The molecule has 4 aliphatic carbocycles. The quantitative estimate of drug-likeness (QED) is 0.346. The highest BCUT2D eigenvalue weighted by Crippen LogP contribution is 2.67. The van der Waals surface area contributed by atoms with Crippen LogP contribution in [0.3, 0.4) is 0 Å². The van der Waals surface area contributed by atoms with E-state index in [1.165, 1.54) is 57.8 Å². The van der Waals surface area contributed by atoms with Crippen molar-refractivity contribution in [3.05, 3.63) is 11.6 Å². The Morgan fingerprint density at radius 2 is 1.86 bits per heavy atom. The molecule has 0 heterocycles. The van der Waals surface area contributed by atoms with Gasteiger partial charge in [-0.2, -0.15) is 0 Å². The lowest BCUT2D eigenvalue weighted by atomic mass is 9.47. The summed E-state index contributed by atoms with van der Waals surface area (Å²) < 4.78 is 0. The third-order valence-corrected chi connectivity index (χ3v) is 11.0. The molecule has 0 radical (unpaired) electrons. The van der Waals surface area contributed by atoms with Gasteiger partial charge in [0.1, 0.15) is 0 Å². The Labute approximate surface area is 185 Å². The minimum absolute atomic E-state index is 0.0852. The number of aliphatic hydroxyl groups is 1. The van der Waals surface area contributed by atoms with Crippen molar-refractivity contribution < 1.29 is 5.11 Å². The summed E-state index contributed by atoms with van der Waals surface area (Å²) in [7, 11) is 0. The first-order valence-electron chi connectivity index (χ1n) is 12.7. The third-order valence-electron chi connectivity index (χ3n) is 10.5. The van der Waals surface area contributed by atoms with Crippen LogP contribution < -0.4 is 0 Å². The second-order valence-corrected chi connectivity index (χ2v) is 12.4. The van der Waals surface area contributed by atoms with Crippen molar-refractivity contribution in [1.82, 2.24) is 0 Å². The maximum atomic E-state index is 10.2. The second kappa shape index (κ2) is 8.50. The number of rotatable bonds is 6. The predicted molar refractivity (Wildman–Crippen MR) is 124 cm³/mol. The van der Waals surface area contributed by atoms with Crippen LogP contribution in [0.15, 0.2) is 11.6 Å². The van der Waals surface area contributed by atoms with Crippen LogP contribution in [0.2, 0.25) is 0 Å². The number of allylic oxidation sites excluding steroid dienone is 1. The lowest BCUT2D eigenvalue weighted by Gasteiger charge is -2.58. The van der Waals surface area contributed by atoms with Gasteiger partial charge in [0.15, 0.2) is 0 Å². The van der Waals surface area contributed by atoms with E-state index in [9.17, 15) is 5.11 Å². The molecule has 4 aliphatic rings. The van der Waals surface area contributed by atoms with E-state index in [1.54, 1.807) is 5.57 Å². The van der Waals surface area contributed by atoms with E-state index in [2.05, 4.69) is 33.8 Å². The zero-order valence-corrected chi connectivity index (χ0v) is 20.2. The van der Waals surface area contributed by atoms with Crippen molar-refractivity contribution in [3.63, 3.8) is 0 Å². The molecule has 2 unspecified atom stereocenters. The summed E-state index contributed by atoms with van der Waals surface area (Å²) in [5.41, 5.74) is 2.55. The Morgan fingerprint density at radius 3 is 2.62 bits per heavy atom. The van der Waals surface area contributed by atoms with Crippen LogP contribution in [0.25, 0.3) is 0 Å². The number of hydrogen-bond acceptors (Lipinski definition) is 1. The number of hydrogen-bond donors (Lipinski definition) is 1. The highest BCUT2D eigenvalue weighted by atomic mass is 35.5. The number of halogens is 1. The summed E-state index contributed by atoms with van der Waals surface area (Å²) in [5, 5.41) is 10.2. The maximum Gasteiger partial charge on any atom is 0.0577 e. The molecule has 0 aliphatic heterocycles. The summed E-state index contributed by atoms with van der Waals surface area (Å²) in [6.07, 6.45) is 16.8. The molecule has 1 N–H and O–H groups in total. The van der Waals surface area contributed by atoms with Crippen molar-refractivity contribution in [1.29, 1.82) is 0 Å². The van der Waals surface area contributed by atoms with Crippen LogP contribution in [-0.2, 0) is 0 Å². The van der Waals surface area contributed by atoms with Gasteiger partial charge in [0.05, 0.1) is 6.10 Å². The molecule has 0 spiro atoms. The summed E-state index contributed by atoms with van der Waals surface area (Å²) in [6.45, 7) is 10.1. The molecule has 0 amide bonds. The van der Waals surface area contributed by atoms with Gasteiger partial charge in [-0.25, -0.2) is 0 Å². The number of aliphatic hydroxyl groups excluding tert-OH is 1. The fourth-order valence-electron chi connectivity index (χ4n) is 8.68. The SMILES string of the molecule is CC(CCl)CCCC(C)[C@H]1CC[C@H]2[C@@H]3CC=C4C[C@@H](O)CC[C@]4(C)[C@H]3CC[C@]12C. The van der Waals surface area contributed by atoms with E-state index >= 15 is 0 Å². The molecule has 0 aromatic rings. The monoisotopic (exact) mass is 420 g/mol. The average molecular weight is 421 g/mol. The topological polar surface area (TPSA) is 20.2 Å². The first-order chi connectivity index (χ1) is 13.8. The van der Waals surface area contributed by atoms with E-state index in [0.717, 1.165) is 48.3 Å². The minimum atomic E-state index is -0.0852. The zero-order chi connectivity index (χ0) is 20.8. The number of fused-ring (bicyclic) bond motifs is 5. The lowest BCUT2D eigenvalue weighted by Crippen LogP contribution is -2.50. The summed E-state index contributed by atoms with van der Waals surface area (Å²) in [6, 6.07) is 0. The van der Waals surface area contributed by atoms with Gasteiger partial charge in [0, 0.05) is 5.88 Å². The van der Waals surface area contributed by atoms with Gasteiger partial charge in [-0.1, -0.05) is 52.2 Å². The second-order valence-electron chi connectivity index (χ2n) is 12.1. The van der Waals surface area contributed by atoms with Crippen molar-refractivity contribution >= 4 is 11.6 Å². The smallest absolute Gasteiger partial charge is 0.0577 e. The van der Waals surface area contributed by atoms with Gasteiger partial charge < -0.3 is 5.11 Å². The molecule has 2 heteroatoms. The lowest BCUT2D eigenvalue weighted by molar-refractivity contribution is -0.0573. The van der Waals surface area contributed by atoms with Crippen LogP contribution in [0.5, 0.6) is 0 Å². The Hall–Kier alpha value is -0.0100. The molecular formula is C27H45ClO. The summed E-state index contributed by atoms with van der Waals surface area (Å²) in [4.78, 5) is 0. The van der Waals surface area contributed by atoms with E-state index < -0.39 is 0 Å². The Morgan fingerprint density at radius 1 is 1.07 bits per heavy atom. The highest BCUT2D eigenvalue weighted by molar-refractivity contribution is 6.18. The first kappa shape index (κ1) is 22.2. The highest BCUT2D eigenvalue weighted by Gasteiger charge is 2.59. The molecular weight excluding hydrogens is 376 g/mol. The van der Waals surface area contributed by atoms with Crippen molar-refractivity contribution in [2.75, 3.05) is 5.88 Å². The fourth-order valence-corrected chi connectivity index (χ4v) is 8.84. The van der Waals surface area contributed by atoms with E-state index in [-0.39, 0.29) is 6.10 Å². The largest absolute Gasteiger partial charge is 0.393 e. The fraction of sp³-hybridized carbons (Fsp3) is 0.926. The van der Waals surface area contributed by atoms with Crippen LogP contribution in [0.1, 0.15) is 98.3 Å². The van der Waals surface area contributed by atoms with Crippen LogP contribution >= 0.6 is 11.6 Å². The van der Waals surface area contributed by atoms with Crippen LogP contribution in [0.4, 0.5) is 0 Å². The molecule has 0 saturated heterocycles. The van der Waals surface area contributed by atoms with Crippen molar-refractivity contribution in [2.45, 2.75) is 104 Å². The molecule has 9 atom stereocenters. The van der Waals surface area contributed by atoms with Gasteiger partial charge in [0.25, 0.3) is 0 Å². The van der Waals surface area contributed by atoms with Gasteiger partial charge in [-0.15, -0.1) is 11.6 Å². The normalized spacial score (nSPS) is 46.3. The molecule has 0 aromatic heterocycles.